The summed E-state index contributed by atoms with van der Waals surface area (Å²) in [6.07, 6.45) is 2.60. The number of amides is 1. The van der Waals surface area contributed by atoms with E-state index in [1.165, 1.54) is 24.2 Å². The molecular weight excluding hydrogens is 334 g/mol. The Morgan fingerprint density at radius 1 is 1.35 bits per heavy atom. The standard InChI is InChI=1S/C12H12F2N4O4S/c1-22-8-6-9(13)12(10(14)7-8)23(20,21)16-11(19)2-4-18-5-3-15-17-18/h3,5-7H,2,4H2,1H3,(H,16,19). The van der Waals surface area contributed by atoms with Crippen molar-refractivity contribution < 1.29 is 26.7 Å². The van der Waals surface area contributed by atoms with Gasteiger partial charge in [-0.2, -0.15) is 0 Å². The van der Waals surface area contributed by atoms with Crippen LogP contribution in [-0.2, 0) is 21.4 Å². The minimum absolute atomic E-state index is 0.0644. The van der Waals surface area contributed by atoms with E-state index in [0.29, 0.717) is 12.1 Å². The molecule has 0 aliphatic carbocycles. The number of hydrogen-bond acceptors (Lipinski definition) is 6. The van der Waals surface area contributed by atoms with E-state index in [2.05, 4.69) is 15.0 Å². The predicted molar refractivity (Wildman–Crippen MR) is 72.9 cm³/mol. The van der Waals surface area contributed by atoms with Crippen molar-refractivity contribution in [2.75, 3.05) is 7.11 Å². The van der Waals surface area contributed by atoms with Crippen LogP contribution in [-0.4, -0.2) is 36.4 Å². The maximum atomic E-state index is 13.8. The first-order valence-electron chi connectivity index (χ1n) is 6.26. The molecule has 1 aromatic carbocycles. The van der Waals surface area contributed by atoms with Gasteiger partial charge in [0, 0.05) is 24.8 Å². The number of aromatic nitrogens is 3. The van der Waals surface area contributed by atoms with E-state index in [0.717, 1.165) is 0 Å². The third-order valence-electron chi connectivity index (χ3n) is 2.76. The van der Waals surface area contributed by atoms with Gasteiger partial charge in [-0.05, 0) is 0 Å². The molecule has 2 aromatic rings. The van der Waals surface area contributed by atoms with Crippen LogP contribution in [0.4, 0.5) is 8.78 Å². The molecule has 8 nitrogen and oxygen atoms in total. The molecule has 0 unspecified atom stereocenters. The van der Waals surface area contributed by atoms with Crippen molar-refractivity contribution in [2.24, 2.45) is 0 Å². The molecule has 1 N–H and O–H groups in total. The fraction of sp³-hybridized carbons (Fsp3) is 0.250. The van der Waals surface area contributed by atoms with Gasteiger partial charge < -0.3 is 4.74 Å². The average molecular weight is 346 g/mol. The lowest BCUT2D eigenvalue weighted by molar-refractivity contribution is -0.119. The molecule has 0 bridgehead atoms. The van der Waals surface area contributed by atoms with Gasteiger partial charge in [-0.15, -0.1) is 5.10 Å². The number of aryl methyl sites for hydroxylation is 1. The molecule has 1 amide bonds. The van der Waals surface area contributed by atoms with Crippen molar-refractivity contribution in [3.8, 4) is 5.75 Å². The van der Waals surface area contributed by atoms with E-state index in [1.54, 1.807) is 4.72 Å². The molecule has 0 radical (unpaired) electrons. The lowest BCUT2D eigenvalue weighted by Gasteiger charge is -2.10. The zero-order chi connectivity index (χ0) is 17.0. The number of nitrogens with one attached hydrogen (secondary N) is 1. The van der Waals surface area contributed by atoms with Crippen LogP contribution in [0, 0.1) is 11.6 Å². The zero-order valence-corrected chi connectivity index (χ0v) is 12.7. The fourth-order valence-electron chi connectivity index (χ4n) is 1.73. The Balaban J connectivity index is 2.14. The van der Waals surface area contributed by atoms with Crippen LogP contribution in [0.3, 0.4) is 0 Å². The zero-order valence-electron chi connectivity index (χ0n) is 11.9. The summed E-state index contributed by atoms with van der Waals surface area (Å²) < 4.78 is 59.0. The van der Waals surface area contributed by atoms with Crippen LogP contribution >= 0.6 is 0 Å². The molecule has 23 heavy (non-hydrogen) atoms. The number of carbonyl (C=O) groups is 1. The van der Waals surface area contributed by atoms with Crippen molar-refractivity contribution in [2.45, 2.75) is 17.9 Å². The molecule has 0 aliphatic rings. The number of methoxy groups -OCH3 is 1. The molecule has 1 aromatic heterocycles. The van der Waals surface area contributed by atoms with E-state index in [-0.39, 0.29) is 18.7 Å². The minimum Gasteiger partial charge on any atom is -0.497 e. The highest BCUT2D eigenvalue weighted by molar-refractivity contribution is 7.90. The van der Waals surface area contributed by atoms with Gasteiger partial charge in [-0.25, -0.2) is 21.9 Å². The Morgan fingerprint density at radius 2 is 2.00 bits per heavy atom. The molecule has 124 valence electrons. The van der Waals surface area contributed by atoms with Crippen molar-refractivity contribution in [1.82, 2.24) is 19.7 Å². The van der Waals surface area contributed by atoms with E-state index >= 15 is 0 Å². The molecule has 11 heteroatoms. The van der Waals surface area contributed by atoms with Gasteiger partial charge in [0.2, 0.25) is 5.91 Å². The van der Waals surface area contributed by atoms with Crippen LogP contribution < -0.4 is 9.46 Å². The van der Waals surface area contributed by atoms with Crippen molar-refractivity contribution in [3.63, 3.8) is 0 Å². The number of sulfonamides is 1. The Bertz CT molecular complexity index is 785. The number of carbonyl (C=O) groups excluding carboxylic acids is 1. The van der Waals surface area contributed by atoms with E-state index in [9.17, 15) is 22.0 Å². The Morgan fingerprint density at radius 3 is 2.52 bits per heavy atom. The largest absolute Gasteiger partial charge is 0.497 e. The lowest BCUT2D eigenvalue weighted by atomic mass is 10.3. The summed E-state index contributed by atoms with van der Waals surface area (Å²) in [4.78, 5) is 10.4. The summed E-state index contributed by atoms with van der Waals surface area (Å²) >= 11 is 0. The van der Waals surface area contributed by atoms with Crippen LogP contribution in [0.15, 0.2) is 29.4 Å². The van der Waals surface area contributed by atoms with Gasteiger partial charge in [0.1, 0.15) is 17.4 Å². The van der Waals surface area contributed by atoms with E-state index in [1.807, 2.05) is 0 Å². The third kappa shape index (κ3) is 4.00. The molecule has 2 rings (SSSR count). The van der Waals surface area contributed by atoms with Gasteiger partial charge in [0.25, 0.3) is 10.0 Å². The van der Waals surface area contributed by atoms with Gasteiger partial charge in [-0.1, -0.05) is 5.21 Å². The lowest BCUT2D eigenvalue weighted by Crippen LogP contribution is -2.32. The first-order valence-corrected chi connectivity index (χ1v) is 7.74. The van der Waals surface area contributed by atoms with E-state index < -0.39 is 32.5 Å². The summed E-state index contributed by atoms with van der Waals surface area (Å²) in [5.74, 6) is -3.84. The number of halogens is 2. The normalized spacial score (nSPS) is 11.3. The second-order valence-electron chi connectivity index (χ2n) is 4.36. The monoisotopic (exact) mass is 346 g/mol. The summed E-state index contributed by atoms with van der Waals surface area (Å²) in [6, 6.07) is 1.41. The average Bonchev–Trinajstić information content (AvgIpc) is 2.96. The molecule has 0 spiro atoms. The highest BCUT2D eigenvalue weighted by Gasteiger charge is 2.27. The van der Waals surface area contributed by atoms with Crippen LogP contribution in [0.2, 0.25) is 0 Å². The fourth-order valence-corrected chi connectivity index (χ4v) is 2.87. The number of hydrogen-bond donors (Lipinski definition) is 1. The second kappa shape index (κ2) is 6.69. The molecule has 0 aliphatic heterocycles. The highest BCUT2D eigenvalue weighted by atomic mass is 32.2. The molecule has 1 heterocycles. The molecular formula is C12H12F2N4O4S. The maximum absolute atomic E-state index is 13.8. The highest BCUT2D eigenvalue weighted by Crippen LogP contribution is 2.24. The number of rotatable bonds is 6. The van der Waals surface area contributed by atoms with Gasteiger partial charge >= 0.3 is 0 Å². The number of benzene rings is 1. The first-order chi connectivity index (χ1) is 10.8. The van der Waals surface area contributed by atoms with Crippen LogP contribution in [0.25, 0.3) is 0 Å². The number of nitrogens with zero attached hydrogens (tertiary/aromatic N) is 3. The quantitative estimate of drug-likeness (QED) is 0.815. The Labute approximate surface area is 130 Å². The van der Waals surface area contributed by atoms with Gasteiger partial charge in [0.15, 0.2) is 4.90 Å². The maximum Gasteiger partial charge on any atom is 0.269 e. The smallest absolute Gasteiger partial charge is 0.269 e. The number of ether oxygens (including phenoxy) is 1. The van der Waals surface area contributed by atoms with Gasteiger partial charge in [0.05, 0.1) is 19.9 Å². The minimum atomic E-state index is -4.69. The van der Waals surface area contributed by atoms with Crippen molar-refractivity contribution >= 4 is 15.9 Å². The van der Waals surface area contributed by atoms with Crippen LogP contribution in [0.5, 0.6) is 5.75 Å². The van der Waals surface area contributed by atoms with Gasteiger partial charge in [-0.3, -0.25) is 9.48 Å². The Hall–Kier alpha value is -2.56. The molecule has 0 saturated carbocycles. The van der Waals surface area contributed by atoms with E-state index in [4.69, 9.17) is 0 Å². The second-order valence-corrected chi connectivity index (χ2v) is 5.98. The molecule has 0 atom stereocenters. The predicted octanol–water partition coefficient (Wildman–Crippen LogP) is 0.460. The molecule has 0 saturated heterocycles. The topological polar surface area (TPSA) is 103 Å². The van der Waals surface area contributed by atoms with Crippen molar-refractivity contribution in [3.05, 3.63) is 36.2 Å². The van der Waals surface area contributed by atoms with Crippen molar-refractivity contribution in [1.29, 1.82) is 0 Å². The SMILES string of the molecule is COc1cc(F)c(S(=O)(=O)NC(=O)CCn2ccnn2)c(F)c1. The first kappa shape index (κ1) is 16.8. The summed E-state index contributed by atoms with van der Waals surface area (Å²) in [6.45, 7) is 0.0644. The summed E-state index contributed by atoms with van der Waals surface area (Å²) in [5, 5.41) is 7.11. The van der Waals surface area contributed by atoms with Crippen LogP contribution in [0.1, 0.15) is 6.42 Å². The third-order valence-corrected chi connectivity index (χ3v) is 4.19. The molecule has 0 fully saturated rings. The summed E-state index contributed by atoms with van der Waals surface area (Å²) in [5.41, 5.74) is 0. The summed E-state index contributed by atoms with van der Waals surface area (Å²) in [7, 11) is -3.51. The Kier molecular flexibility index (Phi) is 4.89.